The van der Waals surface area contributed by atoms with Crippen LogP contribution in [0.1, 0.15) is 0 Å². The van der Waals surface area contributed by atoms with Crippen molar-refractivity contribution in [3.63, 3.8) is 0 Å². The highest BCUT2D eigenvalue weighted by Crippen LogP contribution is 1.75. The van der Waals surface area contributed by atoms with E-state index in [2.05, 4.69) is 0 Å². The van der Waals surface area contributed by atoms with Crippen molar-refractivity contribution < 1.29 is 14.8 Å². The van der Waals surface area contributed by atoms with Gasteiger partial charge < -0.3 is 15.3 Å². The molecule has 0 aliphatic heterocycles. The third-order valence-electron chi connectivity index (χ3n) is 1.12. The fourth-order valence-electron chi connectivity index (χ4n) is 0.641. The summed E-state index contributed by atoms with van der Waals surface area (Å²) in [6.45, 7) is 0. The van der Waals surface area contributed by atoms with Crippen LogP contribution in [0.25, 0.3) is 0 Å². The van der Waals surface area contributed by atoms with Gasteiger partial charge in [-0.05, 0) is 0 Å². The third kappa shape index (κ3) is 1.26. The average molecular weight is 139 g/mol. The lowest BCUT2D eigenvalue weighted by atomic mass is 9.86. The van der Waals surface area contributed by atoms with E-state index in [1.54, 1.807) is 6.07 Å². The molecule has 1 rings (SSSR count). The SMILES string of the molecule is [O-][n+]1ccccc1B(O)O. The van der Waals surface area contributed by atoms with Crippen molar-refractivity contribution >= 4 is 12.7 Å². The van der Waals surface area contributed by atoms with Gasteiger partial charge in [0.05, 0.1) is 0 Å². The van der Waals surface area contributed by atoms with Crippen molar-refractivity contribution in [2.45, 2.75) is 0 Å². The Bertz CT molecular complexity index is 228. The Hall–Kier alpha value is -1.07. The number of rotatable bonds is 1. The van der Waals surface area contributed by atoms with Crippen LogP contribution in [0, 0.1) is 5.21 Å². The van der Waals surface area contributed by atoms with Gasteiger partial charge in [0.15, 0.2) is 6.20 Å². The maximum Gasteiger partial charge on any atom is 0.562 e. The van der Waals surface area contributed by atoms with E-state index in [4.69, 9.17) is 10.0 Å². The van der Waals surface area contributed by atoms with Crippen molar-refractivity contribution in [3.05, 3.63) is 29.6 Å². The zero-order valence-corrected chi connectivity index (χ0v) is 5.14. The molecular weight excluding hydrogens is 133 g/mol. The molecular formula is C5H6BNO3. The summed E-state index contributed by atoms with van der Waals surface area (Å²) >= 11 is 0. The molecule has 2 N–H and O–H groups in total. The van der Waals surface area contributed by atoms with Gasteiger partial charge in [-0.2, -0.15) is 4.73 Å². The predicted octanol–water partition coefficient (Wildman–Crippen LogP) is -2.00. The number of pyridine rings is 1. The minimum atomic E-state index is -1.70. The second-order valence-electron chi connectivity index (χ2n) is 1.82. The molecule has 0 amide bonds. The highest BCUT2D eigenvalue weighted by atomic mass is 16.5. The standard InChI is InChI=1S/C5H6BNO3/c8-6(9)5-3-1-2-4-7(5)10/h1-4,8-9H. The summed E-state index contributed by atoms with van der Waals surface area (Å²) in [4.78, 5) is 0. The summed E-state index contributed by atoms with van der Waals surface area (Å²) in [7, 11) is -1.70. The molecule has 0 saturated carbocycles. The Morgan fingerprint density at radius 2 is 2.10 bits per heavy atom. The summed E-state index contributed by atoms with van der Waals surface area (Å²) in [6, 6.07) is 4.42. The van der Waals surface area contributed by atoms with Crippen molar-refractivity contribution in [2.75, 3.05) is 0 Å². The zero-order valence-electron chi connectivity index (χ0n) is 5.14. The van der Waals surface area contributed by atoms with Crippen molar-refractivity contribution in [3.8, 4) is 0 Å². The summed E-state index contributed by atoms with van der Waals surface area (Å²) < 4.78 is 0.407. The Labute approximate surface area is 58.1 Å². The van der Waals surface area contributed by atoms with Crippen LogP contribution in [0.2, 0.25) is 0 Å². The highest BCUT2D eigenvalue weighted by molar-refractivity contribution is 6.56. The van der Waals surface area contributed by atoms with Crippen molar-refractivity contribution in [1.29, 1.82) is 0 Å². The number of aromatic nitrogens is 1. The molecule has 52 valence electrons. The van der Waals surface area contributed by atoms with E-state index in [1.165, 1.54) is 18.3 Å². The maximum atomic E-state index is 10.7. The van der Waals surface area contributed by atoms with Gasteiger partial charge in [0, 0.05) is 12.1 Å². The topological polar surface area (TPSA) is 67.4 Å². The second kappa shape index (κ2) is 2.68. The highest BCUT2D eigenvalue weighted by Gasteiger charge is 2.19. The van der Waals surface area contributed by atoms with Crippen molar-refractivity contribution in [2.24, 2.45) is 0 Å². The van der Waals surface area contributed by atoms with E-state index in [-0.39, 0.29) is 5.59 Å². The normalized spacial score (nSPS) is 9.40. The van der Waals surface area contributed by atoms with Crippen LogP contribution in [0.15, 0.2) is 24.4 Å². The van der Waals surface area contributed by atoms with Crippen LogP contribution < -0.4 is 10.3 Å². The lowest BCUT2D eigenvalue weighted by Crippen LogP contribution is -2.53. The minimum Gasteiger partial charge on any atom is -0.619 e. The summed E-state index contributed by atoms with van der Waals surface area (Å²) in [5, 5.41) is 27.7. The molecule has 1 aromatic rings. The van der Waals surface area contributed by atoms with Crippen LogP contribution in [0.5, 0.6) is 0 Å². The van der Waals surface area contributed by atoms with E-state index in [0.29, 0.717) is 4.73 Å². The van der Waals surface area contributed by atoms with E-state index in [9.17, 15) is 5.21 Å². The fourth-order valence-corrected chi connectivity index (χ4v) is 0.641. The van der Waals surface area contributed by atoms with Gasteiger partial charge in [-0.3, -0.25) is 0 Å². The van der Waals surface area contributed by atoms with E-state index in [0.717, 1.165) is 0 Å². The number of hydrogen-bond donors (Lipinski definition) is 2. The smallest absolute Gasteiger partial charge is 0.562 e. The van der Waals surface area contributed by atoms with Crippen LogP contribution in [-0.4, -0.2) is 17.2 Å². The first-order chi connectivity index (χ1) is 4.72. The molecule has 1 aromatic heterocycles. The lowest BCUT2D eigenvalue weighted by Gasteiger charge is -2.00. The lowest BCUT2D eigenvalue weighted by molar-refractivity contribution is -0.587. The molecule has 4 nitrogen and oxygen atoms in total. The molecule has 0 fully saturated rings. The maximum absolute atomic E-state index is 10.7. The van der Waals surface area contributed by atoms with Gasteiger partial charge in [0.1, 0.15) is 0 Å². The van der Waals surface area contributed by atoms with Gasteiger partial charge in [-0.25, -0.2) is 0 Å². The number of nitrogens with zero attached hydrogens (tertiary/aromatic N) is 1. The molecule has 0 atom stereocenters. The molecule has 0 unspecified atom stereocenters. The summed E-state index contributed by atoms with van der Waals surface area (Å²) in [6.07, 6.45) is 1.20. The van der Waals surface area contributed by atoms with Gasteiger partial charge in [-0.1, -0.05) is 6.07 Å². The fraction of sp³-hybridized carbons (Fsp3) is 0. The third-order valence-corrected chi connectivity index (χ3v) is 1.12. The molecule has 5 heteroatoms. The molecule has 1 heterocycles. The summed E-state index contributed by atoms with van der Waals surface area (Å²) in [5.74, 6) is 0. The minimum absolute atomic E-state index is 0.0671. The largest absolute Gasteiger partial charge is 0.619 e. The van der Waals surface area contributed by atoms with Gasteiger partial charge in [-0.15, -0.1) is 0 Å². The molecule has 0 saturated heterocycles. The number of hydrogen-bond acceptors (Lipinski definition) is 3. The second-order valence-corrected chi connectivity index (χ2v) is 1.82. The molecule has 0 spiro atoms. The Morgan fingerprint density at radius 3 is 2.50 bits per heavy atom. The Kier molecular flexibility index (Phi) is 1.89. The Morgan fingerprint density at radius 1 is 1.40 bits per heavy atom. The average Bonchev–Trinajstić information content (AvgIpc) is 1.88. The van der Waals surface area contributed by atoms with E-state index in [1.807, 2.05) is 0 Å². The quantitative estimate of drug-likeness (QED) is 0.268. The van der Waals surface area contributed by atoms with Crippen LogP contribution >= 0.6 is 0 Å². The predicted molar refractivity (Wildman–Crippen MR) is 35.2 cm³/mol. The first-order valence-electron chi connectivity index (χ1n) is 2.76. The summed E-state index contributed by atoms with van der Waals surface area (Å²) in [5.41, 5.74) is -0.0671. The van der Waals surface area contributed by atoms with Gasteiger partial charge in [0.2, 0.25) is 5.59 Å². The van der Waals surface area contributed by atoms with Crippen LogP contribution in [0.3, 0.4) is 0 Å². The first kappa shape index (κ1) is 7.05. The van der Waals surface area contributed by atoms with Gasteiger partial charge in [0.25, 0.3) is 0 Å². The molecule has 0 bridgehead atoms. The van der Waals surface area contributed by atoms with E-state index < -0.39 is 7.12 Å². The molecule has 0 aliphatic rings. The van der Waals surface area contributed by atoms with Crippen LogP contribution in [-0.2, 0) is 0 Å². The molecule has 0 radical (unpaired) electrons. The van der Waals surface area contributed by atoms with Crippen LogP contribution in [0.4, 0.5) is 0 Å². The van der Waals surface area contributed by atoms with Gasteiger partial charge >= 0.3 is 7.12 Å². The molecule has 0 aromatic carbocycles. The van der Waals surface area contributed by atoms with E-state index >= 15 is 0 Å². The zero-order chi connectivity index (χ0) is 7.56. The first-order valence-corrected chi connectivity index (χ1v) is 2.76. The Balaban J connectivity index is 3.03. The molecule has 10 heavy (non-hydrogen) atoms. The molecule has 0 aliphatic carbocycles. The monoisotopic (exact) mass is 139 g/mol. The van der Waals surface area contributed by atoms with Crippen molar-refractivity contribution in [1.82, 2.24) is 0 Å².